The quantitative estimate of drug-likeness (QED) is 0.163. The van der Waals surface area contributed by atoms with Gasteiger partial charge in [0, 0.05) is 44.1 Å². The minimum atomic E-state index is 0.679. The Balaban J connectivity index is 1.32. The highest BCUT2D eigenvalue weighted by Crippen LogP contribution is 2.35. The number of rotatable bonds is 2. The van der Waals surface area contributed by atoms with Gasteiger partial charge in [0.15, 0.2) is 5.65 Å². The predicted molar refractivity (Wildman–Crippen MR) is 171 cm³/mol. The van der Waals surface area contributed by atoms with E-state index in [1.165, 1.54) is 0 Å². The van der Waals surface area contributed by atoms with Gasteiger partial charge < -0.3 is 0 Å². The highest BCUT2D eigenvalue weighted by molar-refractivity contribution is 6.15. The standard InChI is InChI=1S/C37H21N5/c1-2-7-22(8-3-1)30-18-16-24-12-13-25-17-19-31(40-34(25)33(24)39-30)36-28-11-5-4-10-27(28)29-21-26-15-14-23-9-6-20-38-32(23)35(26)41-37(29)42-36/h1-21H. The zero-order chi connectivity index (χ0) is 27.6. The number of nitrogens with zero attached hydrogens (tertiary/aromatic N) is 5. The van der Waals surface area contributed by atoms with Gasteiger partial charge in [0.25, 0.3) is 0 Å². The Morgan fingerprint density at radius 1 is 0.381 bits per heavy atom. The van der Waals surface area contributed by atoms with Gasteiger partial charge in [0.2, 0.25) is 0 Å². The summed E-state index contributed by atoms with van der Waals surface area (Å²) < 4.78 is 0. The third kappa shape index (κ3) is 3.47. The lowest BCUT2D eigenvalue weighted by molar-refractivity contribution is 1.30. The van der Waals surface area contributed by atoms with Gasteiger partial charge in [-0.1, -0.05) is 97.1 Å². The maximum Gasteiger partial charge on any atom is 0.161 e. The number of hydrogen-bond acceptors (Lipinski definition) is 5. The molecule has 5 aromatic heterocycles. The fourth-order valence-corrected chi connectivity index (χ4v) is 6.00. The zero-order valence-corrected chi connectivity index (χ0v) is 22.4. The summed E-state index contributed by atoms with van der Waals surface area (Å²) in [5.74, 6) is 0. The van der Waals surface area contributed by atoms with Gasteiger partial charge in [0.1, 0.15) is 0 Å². The van der Waals surface area contributed by atoms with Gasteiger partial charge in [-0.2, -0.15) is 0 Å². The van der Waals surface area contributed by atoms with Crippen molar-refractivity contribution >= 4 is 65.4 Å². The minimum Gasteiger partial charge on any atom is -0.254 e. The normalized spacial score (nSPS) is 11.8. The van der Waals surface area contributed by atoms with E-state index in [0.717, 1.165) is 82.4 Å². The van der Waals surface area contributed by atoms with E-state index in [9.17, 15) is 0 Å². The molecule has 0 radical (unpaired) electrons. The fraction of sp³-hybridized carbons (Fsp3) is 0. The van der Waals surface area contributed by atoms with Crippen LogP contribution in [0.1, 0.15) is 0 Å². The number of hydrogen-bond donors (Lipinski definition) is 0. The van der Waals surface area contributed by atoms with E-state index in [1.54, 1.807) is 0 Å². The van der Waals surface area contributed by atoms with Crippen LogP contribution >= 0.6 is 0 Å². The van der Waals surface area contributed by atoms with Crippen LogP contribution in [-0.2, 0) is 0 Å². The Morgan fingerprint density at radius 3 is 1.81 bits per heavy atom. The Labute approximate surface area is 240 Å². The first-order valence-corrected chi connectivity index (χ1v) is 13.9. The zero-order valence-electron chi connectivity index (χ0n) is 22.4. The van der Waals surface area contributed by atoms with E-state index < -0.39 is 0 Å². The van der Waals surface area contributed by atoms with Crippen LogP contribution in [0.15, 0.2) is 128 Å². The molecule has 42 heavy (non-hydrogen) atoms. The first-order valence-electron chi connectivity index (χ1n) is 13.9. The monoisotopic (exact) mass is 535 g/mol. The highest BCUT2D eigenvalue weighted by atomic mass is 14.9. The molecule has 0 atom stereocenters. The van der Waals surface area contributed by atoms with Crippen molar-refractivity contribution in [2.75, 3.05) is 0 Å². The Kier molecular flexibility index (Phi) is 4.83. The van der Waals surface area contributed by atoms with Gasteiger partial charge in [-0.3, -0.25) is 4.98 Å². The van der Waals surface area contributed by atoms with Gasteiger partial charge in [-0.15, -0.1) is 0 Å². The molecule has 0 saturated heterocycles. The van der Waals surface area contributed by atoms with Crippen molar-refractivity contribution in [1.29, 1.82) is 0 Å². The van der Waals surface area contributed by atoms with Crippen molar-refractivity contribution in [3.8, 4) is 22.6 Å². The summed E-state index contributed by atoms with van der Waals surface area (Å²) in [4.78, 5) is 25.2. The summed E-state index contributed by atoms with van der Waals surface area (Å²) >= 11 is 0. The fourth-order valence-electron chi connectivity index (χ4n) is 6.00. The van der Waals surface area contributed by atoms with Gasteiger partial charge in [-0.05, 0) is 29.7 Å². The van der Waals surface area contributed by atoms with Crippen LogP contribution in [0.4, 0.5) is 0 Å². The molecule has 0 bridgehead atoms. The van der Waals surface area contributed by atoms with Crippen LogP contribution in [0.25, 0.3) is 88.1 Å². The van der Waals surface area contributed by atoms with Crippen LogP contribution in [0.2, 0.25) is 0 Å². The minimum absolute atomic E-state index is 0.679. The van der Waals surface area contributed by atoms with E-state index in [1.807, 2.05) is 36.5 Å². The Morgan fingerprint density at radius 2 is 1.00 bits per heavy atom. The second-order valence-electron chi connectivity index (χ2n) is 10.5. The summed E-state index contributed by atoms with van der Waals surface area (Å²) in [6.45, 7) is 0. The number of pyridine rings is 5. The van der Waals surface area contributed by atoms with Crippen molar-refractivity contribution in [2.24, 2.45) is 0 Å². The molecule has 0 aliphatic carbocycles. The average molecular weight is 536 g/mol. The van der Waals surface area contributed by atoms with E-state index in [2.05, 4.69) is 96.0 Å². The topological polar surface area (TPSA) is 64.5 Å². The van der Waals surface area contributed by atoms with E-state index in [-0.39, 0.29) is 0 Å². The Bertz CT molecular complexity index is 2520. The van der Waals surface area contributed by atoms with Crippen molar-refractivity contribution in [1.82, 2.24) is 24.9 Å². The van der Waals surface area contributed by atoms with E-state index >= 15 is 0 Å². The molecule has 0 saturated carbocycles. The predicted octanol–water partition coefficient (Wildman–Crippen LogP) is 8.91. The molecule has 0 aliphatic rings. The maximum absolute atomic E-state index is 5.21. The summed E-state index contributed by atoms with van der Waals surface area (Å²) in [7, 11) is 0. The molecule has 0 amide bonds. The van der Waals surface area contributed by atoms with Crippen molar-refractivity contribution in [3.63, 3.8) is 0 Å². The average Bonchev–Trinajstić information content (AvgIpc) is 3.07. The molecule has 0 spiro atoms. The molecule has 9 aromatic rings. The SMILES string of the molecule is c1ccc(-c2ccc3ccc4ccc(-c5nc6nc7c(ccc8cccnc87)cc6c6ccccc56)nc4c3n2)cc1. The molecule has 5 nitrogen and oxygen atoms in total. The number of aromatic nitrogens is 5. The summed E-state index contributed by atoms with van der Waals surface area (Å²) in [6.07, 6.45) is 1.81. The van der Waals surface area contributed by atoms with Crippen molar-refractivity contribution < 1.29 is 0 Å². The number of fused-ring (bicyclic) bond motifs is 9. The van der Waals surface area contributed by atoms with Crippen LogP contribution in [0.3, 0.4) is 0 Å². The van der Waals surface area contributed by atoms with Crippen molar-refractivity contribution in [2.45, 2.75) is 0 Å². The van der Waals surface area contributed by atoms with Gasteiger partial charge in [-0.25, -0.2) is 19.9 Å². The molecular formula is C37H21N5. The molecule has 9 rings (SSSR count). The lowest BCUT2D eigenvalue weighted by Crippen LogP contribution is -1.96. The van der Waals surface area contributed by atoms with Crippen LogP contribution in [-0.4, -0.2) is 24.9 Å². The lowest BCUT2D eigenvalue weighted by atomic mass is 10.0. The summed E-state index contributed by atoms with van der Waals surface area (Å²) in [5, 5.41) is 7.34. The van der Waals surface area contributed by atoms with Crippen LogP contribution in [0.5, 0.6) is 0 Å². The second kappa shape index (κ2) is 8.85. The van der Waals surface area contributed by atoms with Gasteiger partial charge in [0.05, 0.1) is 39.1 Å². The molecule has 0 aliphatic heterocycles. The first kappa shape index (κ1) is 22.9. The third-order valence-electron chi connectivity index (χ3n) is 8.06. The second-order valence-corrected chi connectivity index (χ2v) is 10.5. The summed E-state index contributed by atoms with van der Waals surface area (Å²) in [6, 6.07) is 41.6. The molecule has 5 heteroatoms. The summed E-state index contributed by atoms with van der Waals surface area (Å²) in [5.41, 5.74) is 7.74. The molecule has 5 heterocycles. The number of benzene rings is 4. The van der Waals surface area contributed by atoms with Crippen LogP contribution < -0.4 is 0 Å². The molecule has 194 valence electrons. The van der Waals surface area contributed by atoms with Crippen molar-refractivity contribution in [3.05, 3.63) is 128 Å². The smallest absolute Gasteiger partial charge is 0.161 e. The highest BCUT2D eigenvalue weighted by Gasteiger charge is 2.16. The van der Waals surface area contributed by atoms with E-state index in [4.69, 9.17) is 19.9 Å². The Hall–Kier alpha value is -5.81. The van der Waals surface area contributed by atoms with E-state index in [0.29, 0.717) is 5.65 Å². The molecule has 0 unspecified atom stereocenters. The lowest BCUT2D eigenvalue weighted by Gasteiger charge is -2.12. The molecular weight excluding hydrogens is 514 g/mol. The maximum atomic E-state index is 5.21. The van der Waals surface area contributed by atoms with Gasteiger partial charge >= 0.3 is 0 Å². The van der Waals surface area contributed by atoms with Crippen LogP contribution in [0, 0.1) is 0 Å². The third-order valence-corrected chi connectivity index (χ3v) is 8.06. The first-order chi connectivity index (χ1) is 20.8. The molecule has 4 aromatic carbocycles. The molecule has 0 fully saturated rings. The largest absolute Gasteiger partial charge is 0.254 e. The molecule has 0 N–H and O–H groups in total.